The minimum atomic E-state index is -3.38. The lowest BCUT2D eigenvalue weighted by atomic mass is 10.2. The number of benzene rings is 1. The Balaban J connectivity index is 2.22. The van der Waals surface area contributed by atoms with E-state index in [1.165, 1.54) is 0 Å². The van der Waals surface area contributed by atoms with Crippen LogP contribution in [-0.2, 0) is 20.7 Å². The molecule has 98 valence electrons. The number of rotatable bonds is 5. The van der Waals surface area contributed by atoms with Crippen molar-refractivity contribution in [1.82, 2.24) is 0 Å². The van der Waals surface area contributed by atoms with Crippen molar-refractivity contribution in [3.05, 3.63) is 29.1 Å². The quantitative estimate of drug-likeness (QED) is 0.792. The highest BCUT2D eigenvalue weighted by atomic mass is 32.2. The van der Waals surface area contributed by atoms with Crippen LogP contribution in [0.15, 0.2) is 24.3 Å². The predicted molar refractivity (Wildman–Crippen MR) is 72.9 cm³/mol. The molecule has 0 bridgehead atoms. The minimum absolute atomic E-state index is 0.141. The Hall–Kier alpha value is -1.11. The maximum atomic E-state index is 10.9. The van der Waals surface area contributed by atoms with E-state index in [0.717, 1.165) is 27.0 Å². The van der Waals surface area contributed by atoms with Gasteiger partial charge in [-0.25, -0.2) is 0 Å². The molecule has 0 N–H and O–H groups in total. The number of thiophene rings is 1. The molecule has 6 heteroatoms. The molecule has 0 unspecified atom stereocenters. The predicted octanol–water partition coefficient (Wildman–Crippen LogP) is 2.43. The summed E-state index contributed by atoms with van der Waals surface area (Å²) in [5.41, 5.74) is 0. The van der Waals surface area contributed by atoms with Gasteiger partial charge >= 0.3 is 0 Å². The van der Waals surface area contributed by atoms with Gasteiger partial charge in [0.2, 0.25) is 0 Å². The normalized spacial score (nSPS) is 11.9. The largest absolute Gasteiger partial charge is 0.495 e. The zero-order valence-electron chi connectivity index (χ0n) is 10.2. The molecular formula is C12H14O4S2. The van der Waals surface area contributed by atoms with E-state index >= 15 is 0 Å². The van der Waals surface area contributed by atoms with Crippen LogP contribution >= 0.6 is 11.3 Å². The maximum Gasteiger partial charge on any atom is 0.264 e. The van der Waals surface area contributed by atoms with E-state index in [4.69, 9.17) is 8.92 Å². The Labute approximate surface area is 110 Å². The van der Waals surface area contributed by atoms with Crippen molar-refractivity contribution in [2.24, 2.45) is 0 Å². The van der Waals surface area contributed by atoms with Gasteiger partial charge in [-0.05, 0) is 12.1 Å². The van der Waals surface area contributed by atoms with E-state index in [0.29, 0.717) is 6.42 Å². The van der Waals surface area contributed by atoms with Crippen LogP contribution in [-0.4, -0.2) is 28.4 Å². The highest BCUT2D eigenvalue weighted by molar-refractivity contribution is 7.85. The molecule has 0 amide bonds. The van der Waals surface area contributed by atoms with Gasteiger partial charge in [-0.3, -0.25) is 4.18 Å². The Morgan fingerprint density at radius 1 is 1.28 bits per heavy atom. The van der Waals surface area contributed by atoms with Gasteiger partial charge in [-0.2, -0.15) is 8.42 Å². The summed E-state index contributed by atoms with van der Waals surface area (Å²) >= 11 is 1.60. The third-order valence-electron chi connectivity index (χ3n) is 2.45. The van der Waals surface area contributed by atoms with Crippen LogP contribution in [0.2, 0.25) is 0 Å². The van der Waals surface area contributed by atoms with Gasteiger partial charge < -0.3 is 4.74 Å². The third kappa shape index (κ3) is 3.01. The van der Waals surface area contributed by atoms with Crippen molar-refractivity contribution in [1.29, 1.82) is 0 Å². The van der Waals surface area contributed by atoms with Crippen molar-refractivity contribution in [2.45, 2.75) is 6.42 Å². The molecule has 0 saturated carbocycles. The van der Waals surface area contributed by atoms with Crippen molar-refractivity contribution in [2.75, 3.05) is 20.0 Å². The topological polar surface area (TPSA) is 52.6 Å². The minimum Gasteiger partial charge on any atom is -0.495 e. The first-order valence-corrected chi connectivity index (χ1v) is 8.03. The zero-order valence-corrected chi connectivity index (χ0v) is 11.8. The highest BCUT2D eigenvalue weighted by Gasteiger charge is 2.13. The van der Waals surface area contributed by atoms with Gasteiger partial charge in [0.25, 0.3) is 10.1 Å². The van der Waals surface area contributed by atoms with Crippen LogP contribution in [0.3, 0.4) is 0 Å². The summed E-state index contributed by atoms with van der Waals surface area (Å²) in [6.45, 7) is 0.141. The fraction of sp³-hybridized carbons (Fsp3) is 0.333. The van der Waals surface area contributed by atoms with Crippen LogP contribution < -0.4 is 4.74 Å². The van der Waals surface area contributed by atoms with E-state index in [2.05, 4.69) is 0 Å². The second-order valence-electron chi connectivity index (χ2n) is 3.83. The Morgan fingerprint density at radius 2 is 2.00 bits per heavy atom. The van der Waals surface area contributed by atoms with E-state index < -0.39 is 10.1 Å². The average molecular weight is 286 g/mol. The second-order valence-corrected chi connectivity index (χ2v) is 6.61. The monoisotopic (exact) mass is 286 g/mol. The van der Waals surface area contributed by atoms with Crippen LogP contribution in [0.25, 0.3) is 10.1 Å². The molecule has 0 aliphatic carbocycles. The molecule has 2 aromatic rings. The number of hydrogen-bond acceptors (Lipinski definition) is 5. The molecule has 0 radical (unpaired) electrons. The van der Waals surface area contributed by atoms with Crippen LogP contribution in [0.1, 0.15) is 4.88 Å². The summed E-state index contributed by atoms with van der Waals surface area (Å²) in [4.78, 5) is 1.00. The maximum absolute atomic E-state index is 10.9. The molecule has 1 aromatic carbocycles. The van der Waals surface area contributed by atoms with Gasteiger partial charge in [0, 0.05) is 16.5 Å². The van der Waals surface area contributed by atoms with Crippen LogP contribution in [0, 0.1) is 0 Å². The van der Waals surface area contributed by atoms with E-state index in [9.17, 15) is 8.42 Å². The number of ether oxygens (including phenoxy) is 1. The van der Waals surface area contributed by atoms with E-state index in [1.54, 1.807) is 18.4 Å². The fourth-order valence-electron chi connectivity index (χ4n) is 1.75. The Kier molecular flexibility index (Phi) is 3.89. The summed E-state index contributed by atoms with van der Waals surface area (Å²) in [7, 11) is -1.76. The summed E-state index contributed by atoms with van der Waals surface area (Å²) in [5.74, 6) is 0.813. The number of methoxy groups -OCH3 is 1. The summed E-state index contributed by atoms with van der Waals surface area (Å²) in [6.07, 6.45) is 1.57. The van der Waals surface area contributed by atoms with Gasteiger partial charge in [0.05, 0.1) is 24.8 Å². The van der Waals surface area contributed by atoms with E-state index in [1.807, 2.05) is 24.3 Å². The lowest BCUT2D eigenvalue weighted by Gasteiger charge is -2.03. The molecule has 0 fully saturated rings. The van der Waals surface area contributed by atoms with E-state index in [-0.39, 0.29) is 6.61 Å². The fourth-order valence-corrected chi connectivity index (χ4v) is 3.29. The van der Waals surface area contributed by atoms with Crippen molar-refractivity contribution >= 4 is 31.5 Å². The molecule has 1 heterocycles. The first kappa shape index (κ1) is 13.3. The molecule has 0 spiro atoms. The first-order chi connectivity index (χ1) is 8.51. The van der Waals surface area contributed by atoms with Crippen molar-refractivity contribution in [3.8, 4) is 5.75 Å². The average Bonchev–Trinajstić information content (AvgIpc) is 2.64. The van der Waals surface area contributed by atoms with Gasteiger partial charge in [-0.15, -0.1) is 11.3 Å². The molecule has 0 saturated heterocycles. The SMILES string of the molecule is COc1c(CCOS(C)(=O)=O)sc2ccccc12. The summed E-state index contributed by atoms with van der Waals surface area (Å²) in [5, 5.41) is 1.05. The number of hydrogen-bond donors (Lipinski definition) is 0. The Bertz CT molecular complexity index is 643. The molecule has 0 aliphatic heterocycles. The standard InChI is InChI=1S/C12H14O4S2/c1-15-12-9-5-3-4-6-10(9)17-11(12)7-8-16-18(2,13)14/h3-6H,7-8H2,1-2H3. The molecule has 1 aromatic heterocycles. The lowest BCUT2D eigenvalue weighted by molar-refractivity contribution is 0.324. The van der Waals surface area contributed by atoms with Crippen molar-refractivity contribution < 1.29 is 17.3 Å². The van der Waals surface area contributed by atoms with Gasteiger partial charge in [0.1, 0.15) is 5.75 Å². The molecule has 2 rings (SSSR count). The first-order valence-electron chi connectivity index (χ1n) is 5.40. The molecule has 0 aliphatic rings. The zero-order chi connectivity index (χ0) is 13.2. The lowest BCUT2D eigenvalue weighted by Crippen LogP contribution is -2.05. The Morgan fingerprint density at radius 3 is 2.67 bits per heavy atom. The van der Waals surface area contributed by atoms with Crippen molar-refractivity contribution in [3.63, 3.8) is 0 Å². The van der Waals surface area contributed by atoms with Gasteiger partial charge in [-0.1, -0.05) is 12.1 Å². The van der Waals surface area contributed by atoms with Crippen LogP contribution in [0.4, 0.5) is 0 Å². The summed E-state index contributed by atoms with van der Waals surface area (Å²) < 4.78 is 33.1. The van der Waals surface area contributed by atoms with Crippen LogP contribution in [0.5, 0.6) is 5.75 Å². The summed E-state index contributed by atoms with van der Waals surface area (Å²) in [6, 6.07) is 7.93. The van der Waals surface area contributed by atoms with Gasteiger partial charge in [0.15, 0.2) is 0 Å². The second kappa shape index (κ2) is 5.26. The number of fused-ring (bicyclic) bond motifs is 1. The third-order valence-corrected chi connectivity index (χ3v) is 4.26. The molecular weight excluding hydrogens is 272 g/mol. The molecule has 4 nitrogen and oxygen atoms in total. The highest BCUT2D eigenvalue weighted by Crippen LogP contribution is 2.37. The molecule has 0 atom stereocenters. The molecule has 18 heavy (non-hydrogen) atoms. The smallest absolute Gasteiger partial charge is 0.264 e.